The molecule has 1 aromatic rings. The van der Waals surface area contributed by atoms with Gasteiger partial charge in [-0.2, -0.15) is 0 Å². The smallest absolute Gasteiger partial charge is 0.407 e. The van der Waals surface area contributed by atoms with E-state index in [9.17, 15) is 4.79 Å². The molecule has 0 unspecified atom stereocenters. The summed E-state index contributed by atoms with van der Waals surface area (Å²) < 4.78 is 5.31. The molecule has 0 aliphatic heterocycles. The van der Waals surface area contributed by atoms with Crippen molar-refractivity contribution < 1.29 is 9.53 Å². The summed E-state index contributed by atoms with van der Waals surface area (Å²) in [5, 5.41) is 2.96. The highest BCUT2D eigenvalue weighted by Gasteiger charge is 2.21. The second kappa shape index (κ2) is 6.60. The van der Waals surface area contributed by atoms with Gasteiger partial charge in [0.05, 0.1) is 0 Å². The van der Waals surface area contributed by atoms with Gasteiger partial charge in [0.15, 0.2) is 0 Å². The standard InChI is InChI=1S/C16H25NO2/c1-12(2)14(11-13-9-7-6-8-10-13)17-15(18)19-16(3,4)5/h6-10,12,14H,11H2,1-5H3,(H,17,18)/t14-/m0/s1. The first-order chi connectivity index (χ1) is 8.78. The lowest BCUT2D eigenvalue weighted by Crippen LogP contribution is -2.42. The minimum absolute atomic E-state index is 0.0808. The molecule has 0 saturated carbocycles. The van der Waals surface area contributed by atoms with Crippen molar-refractivity contribution in [3.63, 3.8) is 0 Å². The SMILES string of the molecule is CC(C)[C@H](Cc1ccccc1)NC(=O)OC(C)(C)C. The Labute approximate surface area is 116 Å². The molecule has 0 heterocycles. The second-order valence-electron chi connectivity index (χ2n) is 6.19. The van der Waals surface area contributed by atoms with Gasteiger partial charge in [-0.05, 0) is 38.7 Å². The fraction of sp³-hybridized carbons (Fsp3) is 0.562. The number of amides is 1. The van der Waals surface area contributed by atoms with Crippen LogP contribution in [0.25, 0.3) is 0 Å². The number of hydrogen-bond donors (Lipinski definition) is 1. The van der Waals surface area contributed by atoms with Gasteiger partial charge in [0, 0.05) is 6.04 Å². The second-order valence-corrected chi connectivity index (χ2v) is 6.19. The van der Waals surface area contributed by atoms with Gasteiger partial charge in [0.2, 0.25) is 0 Å². The van der Waals surface area contributed by atoms with Gasteiger partial charge < -0.3 is 10.1 Å². The van der Waals surface area contributed by atoms with Crippen molar-refractivity contribution >= 4 is 6.09 Å². The van der Waals surface area contributed by atoms with E-state index < -0.39 is 5.60 Å². The van der Waals surface area contributed by atoms with E-state index in [1.807, 2.05) is 39.0 Å². The molecular weight excluding hydrogens is 238 g/mol. The van der Waals surface area contributed by atoms with Crippen LogP contribution in [0.4, 0.5) is 4.79 Å². The molecule has 0 aromatic heterocycles. The Bertz CT molecular complexity index is 393. The van der Waals surface area contributed by atoms with E-state index in [-0.39, 0.29) is 12.1 Å². The predicted octanol–water partition coefficient (Wildman–Crippen LogP) is 3.78. The molecule has 0 radical (unpaired) electrons. The fourth-order valence-electron chi connectivity index (χ4n) is 1.78. The molecule has 19 heavy (non-hydrogen) atoms. The predicted molar refractivity (Wildman–Crippen MR) is 78.1 cm³/mol. The number of carbonyl (C=O) groups excluding carboxylic acids is 1. The van der Waals surface area contributed by atoms with Crippen molar-refractivity contribution in [2.45, 2.75) is 52.7 Å². The van der Waals surface area contributed by atoms with E-state index in [0.29, 0.717) is 5.92 Å². The number of ether oxygens (including phenoxy) is 1. The lowest BCUT2D eigenvalue weighted by molar-refractivity contribution is 0.0490. The lowest BCUT2D eigenvalue weighted by Gasteiger charge is -2.26. The Kier molecular flexibility index (Phi) is 5.40. The van der Waals surface area contributed by atoms with Crippen molar-refractivity contribution in [2.24, 2.45) is 5.92 Å². The van der Waals surface area contributed by atoms with E-state index in [1.165, 1.54) is 5.56 Å². The molecule has 0 spiro atoms. The maximum atomic E-state index is 11.8. The zero-order valence-electron chi connectivity index (χ0n) is 12.6. The van der Waals surface area contributed by atoms with Crippen molar-refractivity contribution in [1.82, 2.24) is 5.32 Å². The Balaban J connectivity index is 2.61. The number of hydrogen-bond acceptors (Lipinski definition) is 2. The van der Waals surface area contributed by atoms with Gasteiger partial charge >= 0.3 is 6.09 Å². The highest BCUT2D eigenvalue weighted by Crippen LogP contribution is 2.12. The summed E-state index contributed by atoms with van der Waals surface area (Å²) in [5.74, 6) is 0.354. The van der Waals surface area contributed by atoms with Crippen LogP contribution in [-0.2, 0) is 11.2 Å². The minimum atomic E-state index is -0.460. The van der Waals surface area contributed by atoms with Gasteiger partial charge in [-0.25, -0.2) is 4.79 Å². The summed E-state index contributed by atoms with van der Waals surface area (Å²) in [7, 11) is 0. The average Bonchev–Trinajstić information content (AvgIpc) is 2.26. The highest BCUT2D eigenvalue weighted by molar-refractivity contribution is 5.68. The van der Waals surface area contributed by atoms with Crippen LogP contribution in [0.1, 0.15) is 40.2 Å². The molecule has 0 aliphatic carbocycles. The van der Waals surface area contributed by atoms with Crippen LogP contribution in [0, 0.1) is 5.92 Å². The van der Waals surface area contributed by atoms with Crippen LogP contribution in [0.2, 0.25) is 0 Å². The number of nitrogens with one attached hydrogen (secondary N) is 1. The highest BCUT2D eigenvalue weighted by atomic mass is 16.6. The third kappa shape index (κ3) is 6.27. The molecule has 106 valence electrons. The van der Waals surface area contributed by atoms with E-state index in [1.54, 1.807) is 0 Å². The maximum Gasteiger partial charge on any atom is 0.407 e. The molecule has 1 aromatic carbocycles. The Morgan fingerprint density at radius 2 is 1.79 bits per heavy atom. The van der Waals surface area contributed by atoms with Crippen molar-refractivity contribution in [3.05, 3.63) is 35.9 Å². The van der Waals surface area contributed by atoms with Gasteiger partial charge in [-0.1, -0.05) is 44.2 Å². The summed E-state index contributed by atoms with van der Waals surface area (Å²) in [6, 6.07) is 10.3. The van der Waals surface area contributed by atoms with E-state index in [2.05, 4.69) is 31.3 Å². The molecule has 0 bridgehead atoms. The molecule has 0 aliphatic rings. The average molecular weight is 263 g/mol. The molecule has 0 saturated heterocycles. The van der Waals surface area contributed by atoms with Crippen LogP contribution in [0.3, 0.4) is 0 Å². The van der Waals surface area contributed by atoms with Crippen LogP contribution < -0.4 is 5.32 Å². The third-order valence-corrected chi connectivity index (χ3v) is 2.81. The molecule has 1 atom stereocenters. The summed E-state index contributed by atoms with van der Waals surface area (Å²) >= 11 is 0. The Hall–Kier alpha value is -1.51. The van der Waals surface area contributed by atoms with Crippen molar-refractivity contribution in [1.29, 1.82) is 0 Å². The molecule has 1 N–H and O–H groups in total. The topological polar surface area (TPSA) is 38.3 Å². The molecule has 1 rings (SSSR count). The van der Waals surface area contributed by atoms with Crippen molar-refractivity contribution in [3.8, 4) is 0 Å². The van der Waals surface area contributed by atoms with E-state index in [4.69, 9.17) is 4.74 Å². The zero-order valence-corrected chi connectivity index (χ0v) is 12.6. The lowest BCUT2D eigenvalue weighted by atomic mass is 9.96. The van der Waals surface area contributed by atoms with Crippen LogP contribution in [0.5, 0.6) is 0 Å². The third-order valence-electron chi connectivity index (χ3n) is 2.81. The first kappa shape index (κ1) is 15.5. The molecule has 1 amide bonds. The summed E-state index contributed by atoms with van der Waals surface area (Å²) in [5.41, 5.74) is 0.760. The zero-order chi connectivity index (χ0) is 14.5. The Morgan fingerprint density at radius 3 is 2.26 bits per heavy atom. The van der Waals surface area contributed by atoms with E-state index >= 15 is 0 Å². The van der Waals surface area contributed by atoms with Crippen LogP contribution in [-0.4, -0.2) is 17.7 Å². The van der Waals surface area contributed by atoms with Gasteiger partial charge in [-0.15, -0.1) is 0 Å². The first-order valence-electron chi connectivity index (χ1n) is 6.81. The van der Waals surface area contributed by atoms with Gasteiger partial charge in [0.25, 0.3) is 0 Å². The fourth-order valence-corrected chi connectivity index (χ4v) is 1.78. The number of carbonyl (C=O) groups is 1. The first-order valence-corrected chi connectivity index (χ1v) is 6.81. The summed E-state index contributed by atoms with van der Waals surface area (Å²) in [4.78, 5) is 11.8. The normalized spacial score (nSPS) is 13.2. The Morgan fingerprint density at radius 1 is 1.21 bits per heavy atom. The van der Waals surface area contributed by atoms with E-state index in [0.717, 1.165) is 6.42 Å². The molecule has 3 nitrogen and oxygen atoms in total. The van der Waals surface area contributed by atoms with Crippen LogP contribution >= 0.6 is 0 Å². The molecular formula is C16H25NO2. The summed E-state index contributed by atoms with van der Waals surface area (Å²) in [6.07, 6.45) is 0.472. The number of alkyl carbamates (subject to hydrolysis) is 1. The number of benzene rings is 1. The maximum absolute atomic E-state index is 11.8. The monoisotopic (exact) mass is 263 g/mol. The largest absolute Gasteiger partial charge is 0.444 e. The van der Waals surface area contributed by atoms with Crippen molar-refractivity contribution in [2.75, 3.05) is 0 Å². The van der Waals surface area contributed by atoms with Gasteiger partial charge in [-0.3, -0.25) is 0 Å². The quantitative estimate of drug-likeness (QED) is 0.897. The minimum Gasteiger partial charge on any atom is -0.444 e. The van der Waals surface area contributed by atoms with Gasteiger partial charge in [0.1, 0.15) is 5.60 Å². The molecule has 3 heteroatoms. The summed E-state index contributed by atoms with van der Waals surface area (Å²) in [6.45, 7) is 9.81. The molecule has 0 fully saturated rings. The number of rotatable bonds is 4. The van der Waals surface area contributed by atoms with Crippen LogP contribution in [0.15, 0.2) is 30.3 Å².